The van der Waals surface area contributed by atoms with Gasteiger partial charge in [0.2, 0.25) is 0 Å². The second-order valence-corrected chi connectivity index (χ2v) is 9.49. The summed E-state index contributed by atoms with van der Waals surface area (Å²) in [6.07, 6.45) is 6.74. The van der Waals surface area contributed by atoms with Gasteiger partial charge in [-0.05, 0) is 30.5 Å². The number of anilines is 1. The molecule has 36 heavy (non-hydrogen) atoms. The molecule has 0 atom stereocenters. The molecule has 1 N–H and O–H groups in total. The second-order valence-electron chi connectivity index (χ2n) is 9.10. The minimum absolute atomic E-state index is 0.0685. The van der Waals surface area contributed by atoms with Gasteiger partial charge in [-0.3, -0.25) is 9.88 Å². The molecule has 4 aromatic rings. The molecule has 0 radical (unpaired) electrons. The topological polar surface area (TPSA) is 118 Å². The van der Waals surface area contributed by atoms with Crippen LogP contribution >= 0.6 is 11.6 Å². The standard InChI is InChI=1S/C24H26ClN9O2/c25-20-2-1-16(12-27-20)15-32-5-3-18(4-6-32)34-24-21(30-31-34)23(33-7-9-36-10-8-33)28-22(29-24)17-11-19(35)14-26-13-17/h1-2,11-14,18,35H,3-10,15H2. The normalized spacial score (nSPS) is 17.6. The first-order valence-corrected chi connectivity index (χ1v) is 12.4. The molecular weight excluding hydrogens is 482 g/mol. The predicted molar refractivity (Wildman–Crippen MR) is 134 cm³/mol. The number of likely N-dealkylation sites (tertiary alicyclic amines) is 1. The van der Waals surface area contributed by atoms with E-state index in [0.29, 0.717) is 54.0 Å². The lowest BCUT2D eigenvalue weighted by Gasteiger charge is -2.32. The molecule has 0 aliphatic carbocycles. The Morgan fingerprint density at radius 2 is 1.86 bits per heavy atom. The van der Waals surface area contributed by atoms with Gasteiger partial charge in [0.1, 0.15) is 10.9 Å². The minimum Gasteiger partial charge on any atom is -0.506 e. The molecule has 0 unspecified atom stereocenters. The monoisotopic (exact) mass is 507 g/mol. The fourth-order valence-corrected chi connectivity index (χ4v) is 4.93. The van der Waals surface area contributed by atoms with Crippen molar-refractivity contribution < 1.29 is 9.84 Å². The van der Waals surface area contributed by atoms with Gasteiger partial charge in [0.15, 0.2) is 22.8 Å². The highest BCUT2D eigenvalue weighted by atomic mass is 35.5. The molecule has 186 valence electrons. The SMILES string of the molecule is Oc1cncc(-c2nc(N3CCOCC3)c3nnn(C4CCN(Cc5ccc(Cl)nc5)CC4)c3n2)c1. The van der Waals surface area contributed by atoms with Crippen molar-refractivity contribution in [2.75, 3.05) is 44.3 Å². The second kappa shape index (κ2) is 9.92. The Morgan fingerprint density at radius 3 is 2.61 bits per heavy atom. The largest absolute Gasteiger partial charge is 0.506 e. The van der Waals surface area contributed by atoms with Crippen molar-refractivity contribution in [1.29, 1.82) is 0 Å². The number of aromatic nitrogens is 7. The van der Waals surface area contributed by atoms with Crippen molar-refractivity contribution in [3.05, 3.63) is 47.5 Å². The summed E-state index contributed by atoms with van der Waals surface area (Å²) >= 11 is 5.92. The first-order chi connectivity index (χ1) is 17.6. The van der Waals surface area contributed by atoms with Crippen LogP contribution in [0.1, 0.15) is 24.4 Å². The smallest absolute Gasteiger partial charge is 0.184 e. The van der Waals surface area contributed by atoms with Crippen LogP contribution in [0, 0.1) is 0 Å². The Balaban J connectivity index is 1.29. The highest BCUT2D eigenvalue weighted by Gasteiger charge is 2.27. The van der Waals surface area contributed by atoms with E-state index >= 15 is 0 Å². The van der Waals surface area contributed by atoms with Crippen LogP contribution in [0.25, 0.3) is 22.6 Å². The van der Waals surface area contributed by atoms with E-state index in [0.717, 1.165) is 43.9 Å². The Hall–Kier alpha value is -3.41. The number of aromatic hydroxyl groups is 1. The van der Waals surface area contributed by atoms with Gasteiger partial charge in [0.05, 0.1) is 25.5 Å². The van der Waals surface area contributed by atoms with Crippen LogP contribution < -0.4 is 4.90 Å². The van der Waals surface area contributed by atoms with Crippen LogP contribution in [-0.2, 0) is 11.3 Å². The van der Waals surface area contributed by atoms with E-state index in [-0.39, 0.29) is 11.8 Å². The van der Waals surface area contributed by atoms with Gasteiger partial charge < -0.3 is 14.7 Å². The Bertz CT molecular complexity index is 1350. The van der Waals surface area contributed by atoms with E-state index in [1.165, 1.54) is 6.20 Å². The number of rotatable bonds is 5. The molecule has 0 saturated carbocycles. The fourth-order valence-electron chi connectivity index (χ4n) is 4.82. The number of fused-ring (bicyclic) bond motifs is 1. The van der Waals surface area contributed by atoms with Crippen LogP contribution in [0.3, 0.4) is 0 Å². The molecule has 0 aromatic carbocycles. The van der Waals surface area contributed by atoms with Crippen molar-refractivity contribution >= 4 is 28.6 Å². The summed E-state index contributed by atoms with van der Waals surface area (Å²) in [6, 6.07) is 5.65. The Kier molecular flexibility index (Phi) is 6.34. The number of halogens is 1. The van der Waals surface area contributed by atoms with Gasteiger partial charge in [-0.15, -0.1) is 5.10 Å². The molecule has 2 saturated heterocycles. The molecule has 6 heterocycles. The zero-order chi connectivity index (χ0) is 24.5. The highest BCUT2D eigenvalue weighted by Crippen LogP contribution is 2.31. The van der Waals surface area contributed by atoms with Crippen LogP contribution in [0.5, 0.6) is 5.75 Å². The summed E-state index contributed by atoms with van der Waals surface area (Å²) in [6.45, 7) is 5.39. The first-order valence-electron chi connectivity index (χ1n) is 12.1. The zero-order valence-corrected chi connectivity index (χ0v) is 20.4. The zero-order valence-electron chi connectivity index (χ0n) is 19.7. The fraction of sp³-hybridized carbons (Fsp3) is 0.417. The minimum atomic E-state index is 0.0685. The summed E-state index contributed by atoms with van der Waals surface area (Å²) in [4.78, 5) is 22.6. The third-order valence-corrected chi connectivity index (χ3v) is 6.92. The quantitative estimate of drug-likeness (QED) is 0.404. The molecule has 11 nitrogen and oxygen atoms in total. The van der Waals surface area contributed by atoms with Crippen molar-refractivity contribution in [3.63, 3.8) is 0 Å². The van der Waals surface area contributed by atoms with Crippen LogP contribution in [0.15, 0.2) is 36.8 Å². The predicted octanol–water partition coefficient (Wildman–Crippen LogP) is 2.71. The number of ether oxygens (including phenoxy) is 1. The maximum absolute atomic E-state index is 9.98. The molecule has 4 aromatic heterocycles. The molecule has 0 spiro atoms. The number of hydrogen-bond acceptors (Lipinski definition) is 10. The number of morpholine rings is 1. The summed E-state index contributed by atoms with van der Waals surface area (Å²) in [5.41, 5.74) is 3.18. The highest BCUT2D eigenvalue weighted by molar-refractivity contribution is 6.29. The Morgan fingerprint density at radius 1 is 1.03 bits per heavy atom. The molecule has 2 fully saturated rings. The number of piperidine rings is 1. The van der Waals surface area contributed by atoms with Crippen molar-refractivity contribution in [1.82, 2.24) is 39.8 Å². The number of hydrogen-bond donors (Lipinski definition) is 1. The van der Waals surface area contributed by atoms with Crippen LogP contribution in [0.4, 0.5) is 5.82 Å². The van der Waals surface area contributed by atoms with Gasteiger partial charge in [-0.2, -0.15) is 0 Å². The van der Waals surface area contributed by atoms with E-state index in [2.05, 4.69) is 30.1 Å². The molecule has 2 aliphatic heterocycles. The summed E-state index contributed by atoms with van der Waals surface area (Å²) in [7, 11) is 0. The molecule has 0 bridgehead atoms. The molecular formula is C24H26ClN9O2. The van der Waals surface area contributed by atoms with Crippen molar-refractivity contribution in [3.8, 4) is 17.1 Å². The van der Waals surface area contributed by atoms with E-state index in [4.69, 9.17) is 26.3 Å². The van der Waals surface area contributed by atoms with Crippen molar-refractivity contribution in [2.24, 2.45) is 0 Å². The van der Waals surface area contributed by atoms with E-state index in [1.54, 1.807) is 12.3 Å². The number of nitrogens with zero attached hydrogens (tertiary/aromatic N) is 9. The van der Waals surface area contributed by atoms with Crippen molar-refractivity contribution in [2.45, 2.75) is 25.4 Å². The molecule has 12 heteroatoms. The van der Waals surface area contributed by atoms with Crippen LogP contribution in [0.2, 0.25) is 5.15 Å². The third-order valence-electron chi connectivity index (χ3n) is 6.70. The lowest BCUT2D eigenvalue weighted by Crippen LogP contribution is -2.37. The van der Waals surface area contributed by atoms with Gasteiger partial charge in [0, 0.05) is 50.7 Å². The van der Waals surface area contributed by atoms with E-state index < -0.39 is 0 Å². The van der Waals surface area contributed by atoms with Gasteiger partial charge in [-0.25, -0.2) is 19.6 Å². The first kappa shape index (κ1) is 23.0. The Labute approximate surface area is 212 Å². The van der Waals surface area contributed by atoms with E-state index in [9.17, 15) is 5.11 Å². The lowest BCUT2D eigenvalue weighted by atomic mass is 10.0. The maximum Gasteiger partial charge on any atom is 0.184 e. The average molecular weight is 508 g/mol. The molecule has 6 rings (SSSR count). The van der Waals surface area contributed by atoms with Gasteiger partial charge >= 0.3 is 0 Å². The third kappa shape index (κ3) is 4.69. The van der Waals surface area contributed by atoms with Gasteiger partial charge in [0.25, 0.3) is 0 Å². The average Bonchev–Trinajstić information content (AvgIpc) is 3.34. The lowest BCUT2D eigenvalue weighted by molar-refractivity contribution is 0.122. The summed E-state index contributed by atoms with van der Waals surface area (Å²) in [5.74, 6) is 1.29. The van der Waals surface area contributed by atoms with Gasteiger partial charge in [-0.1, -0.05) is 22.9 Å². The summed E-state index contributed by atoms with van der Waals surface area (Å²) in [5, 5.41) is 19.6. The molecule has 2 aliphatic rings. The van der Waals surface area contributed by atoms with Crippen LogP contribution in [-0.4, -0.2) is 84.3 Å². The maximum atomic E-state index is 9.98. The summed E-state index contributed by atoms with van der Waals surface area (Å²) < 4.78 is 7.48. The van der Waals surface area contributed by atoms with E-state index in [1.807, 2.05) is 23.0 Å². The molecule has 0 amide bonds. The number of pyridine rings is 2.